The maximum atomic E-state index is 5.74. The number of allylic oxidation sites excluding steroid dienone is 6. The maximum absolute atomic E-state index is 5.74. The number of nitrogen functional groups attached to an aromatic ring is 1. The lowest BCUT2D eigenvalue weighted by atomic mass is 9.92. The van der Waals surface area contributed by atoms with Crippen LogP contribution in [0.1, 0.15) is 38.2 Å². The van der Waals surface area contributed by atoms with Gasteiger partial charge in [0.15, 0.2) is 0 Å². The fourth-order valence-electron chi connectivity index (χ4n) is 2.82. The summed E-state index contributed by atoms with van der Waals surface area (Å²) in [4.78, 5) is 0. The van der Waals surface area contributed by atoms with Crippen molar-refractivity contribution in [2.75, 3.05) is 5.73 Å². The minimum Gasteiger partial charge on any atom is -0.399 e. The molecule has 0 saturated carbocycles. The van der Waals surface area contributed by atoms with E-state index in [9.17, 15) is 0 Å². The van der Waals surface area contributed by atoms with Gasteiger partial charge in [-0.05, 0) is 60.1 Å². The average Bonchev–Trinajstić information content (AvgIpc) is 2.82. The van der Waals surface area contributed by atoms with E-state index in [2.05, 4.69) is 31.2 Å². The summed E-state index contributed by atoms with van der Waals surface area (Å²) in [6.45, 7) is 2.25. The van der Waals surface area contributed by atoms with Crippen molar-refractivity contribution in [2.45, 2.75) is 32.6 Å². The second-order valence-corrected chi connectivity index (χ2v) is 5.17. The van der Waals surface area contributed by atoms with Crippen molar-refractivity contribution in [2.24, 2.45) is 0 Å². The molecule has 0 saturated heterocycles. The fraction of sp³-hybridized carbons (Fsp3) is 0.294. The highest BCUT2D eigenvalue weighted by atomic mass is 14.5. The van der Waals surface area contributed by atoms with Gasteiger partial charge in [0, 0.05) is 5.69 Å². The number of benzene rings is 1. The molecule has 0 bridgehead atoms. The Labute approximate surface area is 109 Å². The van der Waals surface area contributed by atoms with Crippen molar-refractivity contribution >= 4 is 11.3 Å². The number of anilines is 1. The molecule has 3 rings (SSSR count). The second-order valence-electron chi connectivity index (χ2n) is 5.17. The normalized spacial score (nSPS) is 18.5. The van der Waals surface area contributed by atoms with Crippen molar-refractivity contribution < 1.29 is 0 Å². The van der Waals surface area contributed by atoms with Gasteiger partial charge in [-0.1, -0.05) is 36.8 Å². The number of hydrogen-bond acceptors (Lipinski definition) is 1. The van der Waals surface area contributed by atoms with E-state index < -0.39 is 0 Å². The van der Waals surface area contributed by atoms with Gasteiger partial charge >= 0.3 is 0 Å². The molecule has 0 spiro atoms. The van der Waals surface area contributed by atoms with Crippen LogP contribution in [-0.2, 0) is 0 Å². The third-order valence-corrected chi connectivity index (χ3v) is 3.97. The highest BCUT2D eigenvalue weighted by Gasteiger charge is 2.19. The smallest absolute Gasteiger partial charge is 0.0314 e. The Morgan fingerprint density at radius 2 is 1.78 bits per heavy atom. The second kappa shape index (κ2) is 4.49. The molecule has 2 N–H and O–H groups in total. The van der Waals surface area contributed by atoms with E-state index in [1.54, 1.807) is 11.1 Å². The lowest BCUT2D eigenvalue weighted by Crippen LogP contribution is -1.94. The fourth-order valence-corrected chi connectivity index (χ4v) is 2.82. The molecule has 0 aliphatic heterocycles. The van der Waals surface area contributed by atoms with Crippen LogP contribution in [-0.4, -0.2) is 0 Å². The largest absolute Gasteiger partial charge is 0.399 e. The van der Waals surface area contributed by atoms with Crippen LogP contribution in [0.25, 0.3) is 5.57 Å². The zero-order chi connectivity index (χ0) is 12.5. The van der Waals surface area contributed by atoms with E-state index in [-0.39, 0.29) is 0 Å². The van der Waals surface area contributed by atoms with Crippen LogP contribution in [0.5, 0.6) is 0 Å². The molecular formula is C17H19N. The lowest BCUT2D eigenvalue weighted by molar-refractivity contribution is 0.861. The van der Waals surface area contributed by atoms with Crippen molar-refractivity contribution in [1.82, 2.24) is 0 Å². The number of nitrogens with two attached hydrogens (primary N) is 1. The predicted octanol–water partition coefficient (Wildman–Crippen LogP) is 4.48. The Kier molecular flexibility index (Phi) is 2.83. The first-order chi connectivity index (χ1) is 8.76. The minimum absolute atomic E-state index is 0.836. The molecule has 2 aliphatic rings. The third kappa shape index (κ3) is 2.01. The zero-order valence-corrected chi connectivity index (χ0v) is 10.9. The van der Waals surface area contributed by atoms with Gasteiger partial charge in [0.25, 0.3) is 0 Å². The van der Waals surface area contributed by atoms with E-state index in [0.29, 0.717) is 0 Å². The number of hydrogen-bond donors (Lipinski definition) is 1. The Morgan fingerprint density at radius 3 is 2.50 bits per heavy atom. The summed E-state index contributed by atoms with van der Waals surface area (Å²) in [7, 11) is 0. The third-order valence-electron chi connectivity index (χ3n) is 3.97. The predicted molar refractivity (Wildman–Crippen MR) is 78.1 cm³/mol. The highest BCUT2D eigenvalue weighted by Crippen LogP contribution is 2.39. The van der Waals surface area contributed by atoms with Crippen molar-refractivity contribution in [3.05, 3.63) is 58.7 Å². The van der Waals surface area contributed by atoms with E-state index in [4.69, 9.17) is 5.73 Å². The summed E-state index contributed by atoms with van der Waals surface area (Å²) >= 11 is 0. The van der Waals surface area contributed by atoms with E-state index in [1.165, 1.54) is 36.0 Å². The molecular weight excluding hydrogens is 218 g/mol. The Hall–Kier alpha value is -1.76. The average molecular weight is 237 g/mol. The molecule has 0 unspecified atom stereocenters. The van der Waals surface area contributed by atoms with Crippen molar-refractivity contribution in [3.8, 4) is 0 Å². The molecule has 1 aromatic rings. The SMILES string of the molecule is CCC1=CC2=C(C=C(c3ccc(N)cc3)C2)CC1. The molecule has 1 heteroatoms. The first-order valence-electron chi connectivity index (χ1n) is 6.74. The Morgan fingerprint density at radius 1 is 1.00 bits per heavy atom. The molecule has 1 aromatic carbocycles. The van der Waals surface area contributed by atoms with Crippen LogP contribution in [0.3, 0.4) is 0 Å². The van der Waals surface area contributed by atoms with Gasteiger partial charge in [0.2, 0.25) is 0 Å². The topological polar surface area (TPSA) is 26.0 Å². The first kappa shape index (κ1) is 11.3. The lowest BCUT2D eigenvalue weighted by Gasteiger charge is -2.13. The summed E-state index contributed by atoms with van der Waals surface area (Å²) in [5.74, 6) is 0. The minimum atomic E-state index is 0.836. The molecule has 0 radical (unpaired) electrons. The van der Waals surface area contributed by atoms with Crippen molar-refractivity contribution in [1.29, 1.82) is 0 Å². The summed E-state index contributed by atoms with van der Waals surface area (Å²) in [6, 6.07) is 8.23. The summed E-state index contributed by atoms with van der Waals surface area (Å²) in [6.07, 6.45) is 9.52. The zero-order valence-electron chi connectivity index (χ0n) is 10.9. The molecule has 0 aromatic heterocycles. The van der Waals surface area contributed by atoms with Crippen molar-refractivity contribution in [3.63, 3.8) is 0 Å². The summed E-state index contributed by atoms with van der Waals surface area (Å²) < 4.78 is 0. The molecule has 0 fully saturated rings. The van der Waals surface area contributed by atoms with Crippen LogP contribution in [0.4, 0.5) is 5.69 Å². The summed E-state index contributed by atoms with van der Waals surface area (Å²) in [5.41, 5.74) is 14.0. The molecule has 92 valence electrons. The highest BCUT2D eigenvalue weighted by molar-refractivity contribution is 5.76. The van der Waals surface area contributed by atoms with Crippen LogP contribution in [0.15, 0.2) is 53.1 Å². The quantitative estimate of drug-likeness (QED) is 0.754. The van der Waals surface area contributed by atoms with E-state index in [0.717, 1.165) is 12.1 Å². The van der Waals surface area contributed by atoms with Crippen LogP contribution < -0.4 is 5.73 Å². The Balaban J connectivity index is 1.85. The van der Waals surface area contributed by atoms with Gasteiger partial charge in [0.05, 0.1) is 0 Å². The van der Waals surface area contributed by atoms with Gasteiger partial charge in [-0.2, -0.15) is 0 Å². The van der Waals surface area contributed by atoms with Crippen LogP contribution >= 0.6 is 0 Å². The molecule has 0 amide bonds. The molecule has 0 heterocycles. The molecule has 2 aliphatic carbocycles. The first-order valence-corrected chi connectivity index (χ1v) is 6.74. The van der Waals surface area contributed by atoms with Crippen LogP contribution in [0.2, 0.25) is 0 Å². The van der Waals surface area contributed by atoms with E-state index in [1.807, 2.05) is 12.1 Å². The number of rotatable bonds is 2. The van der Waals surface area contributed by atoms with Gasteiger partial charge in [-0.25, -0.2) is 0 Å². The van der Waals surface area contributed by atoms with Gasteiger partial charge in [-0.15, -0.1) is 0 Å². The molecule has 1 nitrogen and oxygen atoms in total. The van der Waals surface area contributed by atoms with E-state index >= 15 is 0 Å². The Bertz CT molecular complexity index is 556. The molecule has 18 heavy (non-hydrogen) atoms. The van der Waals surface area contributed by atoms with Gasteiger partial charge in [0.1, 0.15) is 0 Å². The van der Waals surface area contributed by atoms with Crippen LogP contribution in [0, 0.1) is 0 Å². The monoisotopic (exact) mass is 237 g/mol. The maximum Gasteiger partial charge on any atom is 0.0314 e. The van der Waals surface area contributed by atoms with Gasteiger partial charge in [-0.3, -0.25) is 0 Å². The standard InChI is InChI=1S/C17H19N/c1-2-12-3-4-14-10-16(11-15(14)9-12)13-5-7-17(18)8-6-13/h5-10H,2-4,11,18H2,1H3. The molecule has 0 atom stereocenters. The summed E-state index contributed by atoms with van der Waals surface area (Å²) in [5, 5.41) is 0. The van der Waals surface area contributed by atoms with Gasteiger partial charge < -0.3 is 5.73 Å².